The van der Waals surface area contributed by atoms with Gasteiger partial charge in [-0.05, 0) is 26.7 Å². The van der Waals surface area contributed by atoms with Crippen molar-refractivity contribution in [3.8, 4) is 0 Å². The van der Waals surface area contributed by atoms with Gasteiger partial charge >= 0.3 is 11.9 Å². The number of hydrogen-bond acceptors (Lipinski definition) is 5. The Morgan fingerprint density at radius 3 is 1.17 bits per heavy atom. The monoisotopic (exact) mass is 583 g/mol. The topological polar surface area (TPSA) is 61.8 Å². The second kappa shape index (κ2) is 31.8. The molecule has 2 atom stereocenters. The Kier molecular flexibility index (Phi) is 31.0. The molecule has 0 aliphatic rings. The summed E-state index contributed by atoms with van der Waals surface area (Å²) >= 11 is 0. The number of esters is 2. The first-order chi connectivity index (χ1) is 20.0. The molecule has 2 unspecified atom stereocenters. The zero-order chi connectivity index (χ0) is 30.2. The zero-order valence-corrected chi connectivity index (χ0v) is 28.0. The molecule has 0 aliphatic heterocycles. The van der Waals surface area contributed by atoms with Gasteiger partial charge in [-0.1, -0.05) is 155 Å². The summed E-state index contributed by atoms with van der Waals surface area (Å²) < 4.78 is 16.6. The Hall–Kier alpha value is -1.10. The molecule has 244 valence electrons. The van der Waals surface area contributed by atoms with Crippen molar-refractivity contribution in [2.24, 2.45) is 0 Å². The molecule has 0 radical (unpaired) electrons. The van der Waals surface area contributed by atoms with Crippen molar-refractivity contribution in [1.82, 2.24) is 0 Å². The van der Waals surface area contributed by atoms with Crippen LogP contribution in [0.5, 0.6) is 0 Å². The minimum absolute atomic E-state index is 0.144. The van der Waals surface area contributed by atoms with Crippen LogP contribution in [0.25, 0.3) is 0 Å². The van der Waals surface area contributed by atoms with Gasteiger partial charge in [-0.15, -0.1) is 0 Å². The van der Waals surface area contributed by atoms with Crippen molar-refractivity contribution < 1.29 is 23.8 Å². The molecule has 0 bridgehead atoms. The Balaban J connectivity index is 3.51. The van der Waals surface area contributed by atoms with E-state index in [0.717, 1.165) is 25.7 Å². The lowest BCUT2D eigenvalue weighted by Gasteiger charge is -2.18. The number of rotatable bonds is 32. The van der Waals surface area contributed by atoms with Crippen LogP contribution in [-0.4, -0.2) is 37.4 Å². The molecule has 0 saturated carbocycles. The van der Waals surface area contributed by atoms with Gasteiger partial charge in [0.25, 0.3) is 0 Å². The molecule has 0 aromatic carbocycles. The van der Waals surface area contributed by atoms with E-state index in [2.05, 4.69) is 13.8 Å². The summed E-state index contributed by atoms with van der Waals surface area (Å²) in [5, 5.41) is 0. The first kappa shape index (κ1) is 39.9. The fourth-order valence-corrected chi connectivity index (χ4v) is 5.17. The molecule has 0 fully saturated rings. The van der Waals surface area contributed by atoms with E-state index in [1.165, 1.54) is 128 Å². The van der Waals surface area contributed by atoms with E-state index in [0.29, 0.717) is 19.4 Å². The molecule has 0 N–H and O–H groups in total. The number of carbonyl (C=O) groups is 2. The van der Waals surface area contributed by atoms with Gasteiger partial charge in [0, 0.05) is 12.8 Å². The maximum absolute atomic E-state index is 12.1. The first-order valence-corrected chi connectivity index (χ1v) is 18.0. The highest BCUT2D eigenvalue weighted by Gasteiger charge is 2.13. The predicted octanol–water partition coefficient (Wildman–Crippen LogP) is 11.0. The molecule has 5 nitrogen and oxygen atoms in total. The molecule has 0 amide bonds. The normalized spacial score (nSPS) is 12.8. The van der Waals surface area contributed by atoms with Crippen LogP contribution in [0.3, 0.4) is 0 Å². The number of unbranched alkanes of at least 4 members (excludes halogenated alkanes) is 22. The van der Waals surface area contributed by atoms with Crippen LogP contribution in [0.4, 0.5) is 0 Å². The largest absolute Gasteiger partial charge is 0.463 e. The smallest absolute Gasteiger partial charge is 0.306 e. The average molecular weight is 583 g/mol. The van der Waals surface area contributed by atoms with Crippen LogP contribution in [0.15, 0.2) is 0 Å². The molecule has 0 rings (SSSR count). The van der Waals surface area contributed by atoms with Crippen molar-refractivity contribution >= 4 is 11.9 Å². The third-order valence-electron chi connectivity index (χ3n) is 7.90. The highest BCUT2D eigenvalue weighted by Crippen LogP contribution is 2.14. The molecule has 0 spiro atoms. The van der Waals surface area contributed by atoms with Gasteiger partial charge in [0.05, 0.1) is 12.7 Å². The molecule has 0 saturated heterocycles. The van der Waals surface area contributed by atoms with Crippen LogP contribution >= 0.6 is 0 Å². The van der Waals surface area contributed by atoms with E-state index in [4.69, 9.17) is 14.2 Å². The van der Waals surface area contributed by atoms with Gasteiger partial charge in [0.2, 0.25) is 0 Å². The Morgan fingerprint density at radius 2 is 0.780 bits per heavy atom. The molecule has 0 aromatic rings. The second-order valence-corrected chi connectivity index (χ2v) is 12.4. The van der Waals surface area contributed by atoms with Gasteiger partial charge in [-0.25, -0.2) is 0 Å². The molecule has 5 heteroatoms. The van der Waals surface area contributed by atoms with E-state index in [-0.39, 0.29) is 30.8 Å². The molecule has 0 aliphatic carbocycles. The number of ether oxygens (including phenoxy) is 3. The summed E-state index contributed by atoms with van der Waals surface area (Å²) in [6, 6.07) is 0. The summed E-state index contributed by atoms with van der Waals surface area (Å²) in [6.45, 7) is 8.83. The molecule has 41 heavy (non-hydrogen) atoms. The third kappa shape index (κ3) is 31.7. The maximum Gasteiger partial charge on any atom is 0.306 e. The third-order valence-corrected chi connectivity index (χ3v) is 7.90. The Labute approximate surface area is 255 Å². The van der Waals surface area contributed by atoms with Crippen LogP contribution in [0, 0.1) is 0 Å². The highest BCUT2D eigenvalue weighted by molar-refractivity contribution is 5.69. The minimum atomic E-state index is -0.292. The Morgan fingerprint density at radius 1 is 0.439 bits per heavy atom. The second-order valence-electron chi connectivity index (χ2n) is 12.4. The van der Waals surface area contributed by atoms with Crippen LogP contribution in [-0.2, 0) is 23.8 Å². The highest BCUT2D eigenvalue weighted by atomic mass is 16.6. The van der Waals surface area contributed by atoms with Gasteiger partial charge in [-0.3, -0.25) is 9.59 Å². The van der Waals surface area contributed by atoms with E-state index in [9.17, 15) is 9.59 Å². The summed E-state index contributed by atoms with van der Waals surface area (Å²) in [4.78, 5) is 24.1. The van der Waals surface area contributed by atoms with Crippen molar-refractivity contribution in [2.75, 3.05) is 13.2 Å². The lowest BCUT2D eigenvalue weighted by molar-refractivity contribution is -0.154. The molecular formula is C36H70O5. The van der Waals surface area contributed by atoms with Crippen molar-refractivity contribution in [3.63, 3.8) is 0 Å². The van der Waals surface area contributed by atoms with Gasteiger partial charge in [0.15, 0.2) is 0 Å². The Bertz CT molecular complexity index is 564. The quantitative estimate of drug-likeness (QED) is 0.0583. The SMILES string of the molecule is CCCCCCCCCCCCCCCC(=O)OCC(C)OCC(C)OC(=O)CCCCCCCCCCCCC. The fourth-order valence-electron chi connectivity index (χ4n) is 5.17. The number of carbonyl (C=O) groups excluding carboxylic acids is 2. The van der Waals surface area contributed by atoms with Crippen molar-refractivity contribution in [2.45, 2.75) is 207 Å². The standard InChI is InChI=1S/C36H70O5/c1-5-7-9-11-13-15-17-18-20-21-23-25-27-29-35(37)40-31-33(3)39-32-34(4)41-36(38)30-28-26-24-22-19-16-14-12-10-8-6-2/h33-34H,5-32H2,1-4H3. The summed E-state index contributed by atoms with van der Waals surface area (Å²) in [7, 11) is 0. The lowest BCUT2D eigenvalue weighted by Crippen LogP contribution is -2.26. The maximum atomic E-state index is 12.1. The van der Waals surface area contributed by atoms with Gasteiger partial charge < -0.3 is 14.2 Å². The predicted molar refractivity (Wildman–Crippen MR) is 173 cm³/mol. The van der Waals surface area contributed by atoms with E-state index in [1.54, 1.807) is 0 Å². The van der Waals surface area contributed by atoms with Crippen molar-refractivity contribution in [3.05, 3.63) is 0 Å². The van der Waals surface area contributed by atoms with Crippen LogP contribution in [0.2, 0.25) is 0 Å². The van der Waals surface area contributed by atoms with E-state index >= 15 is 0 Å². The van der Waals surface area contributed by atoms with Crippen LogP contribution in [0.1, 0.15) is 195 Å². The van der Waals surface area contributed by atoms with E-state index in [1.807, 2.05) is 13.8 Å². The molecule has 0 aromatic heterocycles. The fraction of sp³-hybridized carbons (Fsp3) is 0.944. The average Bonchev–Trinajstić information content (AvgIpc) is 2.96. The summed E-state index contributed by atoms with van der Waals surface area (Å²) in [6.07, 6.45) is 31.2. The van der Waals surface area contributed by atoms with Crippen LogP contribution < -0.4 is 0 Å². The van der Waals surface area contributed by atoms with Gasteiger partial charge in [-0.2, -0.15) is 0 Å². The van der Waals surface area contributed by atoms with Gasteiger partial charge in [0.1, 0.15) is 12.7 Å². The summed E-state index contributed by atoms with van der Waals surface area (Å²) in [5.41, 5.74) is 0. The zero-order valence-electron chi connectivity index (χ0n) is 28.0. The molecule has 0 heterocycles. The minimum Gasteiger partial charge on any atom is -0.463 e. The number of hydrogen-bond donors (Lipinski definition) is 0. The summed E-state index contributed by atoms with van der Waals surface area (Å²) in [5.74, 6) is -0.288. The first-order valence-electron chi connectivity index (χ1n) is 18.0. The van der Waals surface area contributed by atoms with E-state index < -0.39 is 0 Å². The molecular weight excluding hydrogens is 512 g/mol. The lowest BCUT2D eigenvalue weighted by atomic mass is 10.0. The van der Waals surface area contributed by atoms with Crippen molar-refractivity contribution in [1.29, 1.82) is 0 Å².